The van der Waals surface area contributed by atoms with Gasteiger partial charge in [0.2, 0.25) is 11.8 Å². The summed E-state index contributed by atoms with van der Waals surface area (Å²) in [6.45, 7) is 2.39. The van der Waals surface area contributed by atoms with Crippen LogP contribution in [0.25, 0.3) is 10.2 Å². The van der Waals surface area contributed by atoms with E-state index in [9.17, 15) is 9.59 Å². The number of para-hydroxylation sites is 1. The lowest BCUT2D eigenvalue weighted by Gasteiger charge is -2.27. The number of thiazole rings is 1. The minimum Gasteiger partial charge on any atom is -0.279 e. The average Bonchev–Trinajstić information content (AvgIpc) is 3.17. The van der Waals surface area contributed by atoms with Crippen LogP contribution < -0.4 is 0 Å². The molecule has 6 heteroatoms. The predicted molar refractivity (Wildman–Crippen MR) is 97.9 cm³/mol. The van der Waals surface area contributed by atoms with E-state index >= 15 is 0 Å². The molecule has 3 atom stereocenters. The topological polar surface area (TPSA) is 53.5 Å². The monoisotopic (exact) mass is 355 g/mol. The number of carbonyl (C=O) groups is 2. The van der Waals surface area contributed by atoms with Gasteiger partial charge in [0.05, 0.1) is 34.8 Å². The van der Waals surface area contributed by atoms with E-state index in [2.05, 4.69) is 13.0 Å². The molecule has 130 valence electrons. The van der Waals surface area contributed by atoms with Crippen LogP contribution in [0.4, 0.5) is 0 Å². The van der Waals surface area contributed by atoms with E-state index < -0.39 is 0 Å². The van der Waals surface area contributed by atoms with Gasteiger partial charge in [-0.25, -0.2) is 4.98 Å². The third-order valence-electron chi connectivity index (χ3n) is 5.29. The van der Waals surface area contributed by atoms with E-state index in [-0.39, 0.29) is 29.7 Å². The molecule has 2 aliphatic rings. The molecule has 2 aromatic rings. The van der Waals surface area contributed by atoms with E-state index in [4.69, 9.17) is 4.98 Å². The minimum atomic E-state index is -0.163. The first-order valence-electron chi connectivity index (χ1n) is 8.62. The highest BCUT2D eigenvalue weighted by Crippen LogP contribution is 2.36. The number of amides is 2. The van der Waals surface area contributed by atoms with Gasteiger partial charge >= 0.3 is 0 Å². The number of nitrogens with zero attached hydrogens (tertiary/aromatic N) is 3. The maximum Gasteiger partial charge on any atom is 0.234 e. The van der Waals surface area contributed by atoms with Crippen molar-refractivity contribution in [3.63, 3.8) is 0 Å². The van der Waals surface area contributed by atoms with Gasteiger partial charge in [-0.15, -0.1) is 11.3 Å². The summed E-state index contributed by atoms with van der Waals surface area (Å²) >= 11 is 1.66. The van der Waals surface area contributed by atoms with Gasteiger partial charge in [0, 0.05) is 0 Å². The molecule has 1 fully saturated rings. The number of rotatable bonds is 4. The van der Waals surface area contributed by atoms with Gasteiger partial charge in [-0.2, -0.15) is 0 Å². The van der Waals surface area contributed by atoms with Gasteiger partial charge in [-0.1, -0.05) is 24.3 Å². The number of carbonyl (C=O) groups excluding carboxylic acids is 2. The number of likely N-dealkylation sites (tertiary alicyclic amines) is 1. The fraction of sp³-hybridized carbons (Fsp3) is 0.421. The van der Waals surface area contributed by atoms with Crippen molar-refractivity contribution in [1.82, 2.24) is 14.8 Å². The largest absolute Gasteiger partial charge is 0.279 e. The number of fused-ring (bicyclic) bond motifs is 2. The second kappa shape index (κ2) is 6.35. The summed E-state index contributed by atoms with van der Waals surface area (Å²) in [6, 6.07) is 8.11. The van der Waals surface area contributed by atoms with Crippen molar-refractivity contribution >= 4 is 33.4 Å². The van der Waals surface area contributed by atoms with E-state index in [0.29, 0.717) is 19.5 Å². The van der Waals surface area contributed by atoms with Crippen LogP contribution >= 0.6 is 11.3 Å². The number of hydrogen-bond acceptors (Lipinski definition) is 5. The Kier molecular flexibility index (Phi) is 4.17. The Morgan fingerprint density at radius 2 is 1.84 bits per heavy atom. The molecular weight excluding hydrogens is 334 g/mol. The first kappa shape index (κ1) is 16.4. The second-order valence-electron chi connectivity index (χ2n) is 6.85. The SMILES string of the molecule is C[C@@H](c1nc2ccccc2s1)N(C)CN1C(=O)[C@H]2CC=CC[C@H]2C1=O. The van der Waals surface area contributed by atoms with E-state index in [1.807, 2.05) is 42.3 Å². The maximum absolute atomic E-state index is 12.6. The molecule has 0 spiro atoms. The van der Waals surface area contributed by atoms with Crippen LogP contribution in [0.15, 0.2) is 36.4 Å². The minimum absolute atomic E-state index is 0.0253. The lowest BCUT2D eigenvalue weighted by molar-refractivity contribution is -0.142. The molecule has 1 aromatic heterocycles. The standard InChI is InChI=1S/C19H21N3O2S/c1-12(17-20-15-9-5-6-10-16(15)25-17)21(2)11-22-18(23)13-7-3-4-8-14(13)19(22)24/h3-6,9-10,12-14H,7-8,11H2,1-2H3/t12-,13-,14+/m0/s1. The molecule has 1 saturated heterocycles. The van der Waals surface area contributed by atoms with Crippen molar-refractivity contribution < 1.29 is 9.59 Å². The van der Waals surface area contributed by atoms with Gasteiger partial charge in [-0.05, 0) is 38.9 Å². The normalized spacial score (nSPS) is 24.4. The molecule has 0 bridgehead atoms. The highest BCUT2D eigenvalue weighted by atomic mass is 32.1. The summed E-state index contributed by atoms with van der Waals surface area (Å²) in [6.07, 6.45) is 5.40. The number of hydrogen-bond donors (Lipinski definition) is 0. The molecule has 2 amide bonds. The third kappa shape index (κ3) is 2.79. The van der Waals surface area contributed by atoms with Crippen molar-refractivity contribution in [3.8, 4) is 0 Å². The summed E-state index contributed by atoms with van der Waals surface area (Å²) in [5.74, 6) is -0.377. The Labute approximate surface area is 150 Å². The number of allylic oxidation sites excluding steroid dienone is 2. The molecule has 25 heavy (non-hydrogen) atoms. The molecule has 2 heterocycles. The molecule has 1 aliphatic heterocycles. The van der Waals surface area contributed by atoms with Crippen LogP contribution in [-0.4, -0.2) is 40.3 Å². The van der Waals surface area contributed by atoms with E-state index in [1.165, 1.54) is 4.90 Å². The molecule has 0 radical (unpaired) electrons. The Morgan fingerprint density at radius 3 is 2.48 bits per heavy atom. The lowest BCUT2D eigenvalue weighted by atomic mass is 9.85. The molecule has 5 nitrogen and oxygen atoms in total. The van der Waals surface area contributed by atoms with Gasteiger partial charge in [0.25, 0.3) is 0 Å². The van der Waals surface area contributed by atoms with Gasteiger partial charge in [0.1, 0.15) is 5.01 Å². The molecular formula is C19H21N3O2S. The highest BCUT2D eigenvalue weighted by Gasteiger charge is 2.47. The maximum atomic E-state index is 12.6. The van der Waals surface area contributed by atoms with Crippen molar-refractivity contribution in [2.45, 2.75) is 25.8 Å². The van der Waals surface area contributed by atoms with Crippen LogP contribution in [0.2, 0.25) is 0 Å². The van der Waals surface area contributed by atoms with Gasteiger partial charge < -0.3 is 0 Å². The second-order valence-corrected chi connectivity index (χ2v) is 7.92. The number of imide groups is 1. The van der Waals surface area contributed by atoms with Gasteiger partial charge in [0.15, 0.2) is 0 Å². The number of aromatic nitrogens is 1. The average molecular weight is 355 g/mol. The highest BCUT2D eigenvalue weighted by molar-refractivity contribution is 7.18. The van der Waals surface area contributed by atoms with Crippen LogP contribution in [-0.2, 0) is 9.59 Å². The van der Waals surface area contributed by atoms with Crippen molar-refractivity contribution in [3.05, 3.63) is 41.4 Å². The smallest absolute Gasteiger partial charge is 0.234 e. The zero-order chi connectivity index (χ0) is 17.6. The fourth-order valence-electron chi connectivity index (χ4n) is 3.61. The predicted octanol–water partition coefficient (Wildman–Crippen LogP) is 3.20. The van der Waals surface area contributed by atoms with Crippen molar-refractivity contribution in [2.24, 2.45) is 11.8 Å². The Balaban J connectivity index is 1.50. The summed E-state index contributed by atoms with van der Waals surface area (Å²) in [5.41, 5.74) is 0.994. The first-order chi connectivity index (χ1) is 12.1. The van der Waals surface area contributed by atoms with E-state index in [1.54, 1.807) is 11.3 Å². The van der Waals surface area contributed by atoms with Gasteiger partial charge in [-0.3, -0.25) is 19.4 Å². The Bertz CT molecular complexity index is 800. The quantitative estimate of drug-likeness (QED) is 0.624. The summed E-state index contributed by atoms with van der Waals surface area (Å²) in [4.78, 5) is 33.4. The van der Waals surface area contributed by atoms with E-state index in [0.717, 1.165) is 15.2 Å². The molecule has 0 saturated carbocycles. The first-order valence-corrected chi connectivity index (χ1v) is 9.44. The van der Waals surface area contributed by atoms with Crippen LogP contribution in [0, 0.1) is 11.8 Å². The molecule has 4 rings (SSSR count). The molecule has 1 aliphatic carbocycles. The Hall–Kier alpha value is -2.05. The Morgan fingerprint density at radius 1 is 1.20 bits per heavy atom. The fourth-order valence-corrected chi connectivity index (χ4v) is 4.70. The number of benzene rings is 1. The van der Waals surface area contributed by atoms with Crippen molar-refractivity contribution in [2.75, 3.05) is 13.7 Å². The zero-order valence-corrected chi connectivity index (χ0v) is 15.2. The summed E-state index contributed by atoms with van der Waals surface area (Å²) in [7, 11) is 1.94. The summed E-state index contributed by atoms with van der Waals surface area (Å²) < 4.78 is 1.16. The molecule has 0 unspecified atom stereocenters. The van der Waals surface area contributed by atoms with Crippen LogP contribution in [0.1, 0.15) is 30.8 Å². The lowest BCUT2D eigenvalue weighted by Crippen LogP contribution is -2.41. The molecule has 1 aromatic carbocycles. The molecule has 0 N–H and O–H groups in total. The van der Waals surface area contributed by atoms with Crippen LogP contribution in [0.5, 0.6) is 0 Å². The van der Waals surface area contributed by atoms with Crippen molar-refractivity contribution in [1.29, 1.82) is 0 Å². The third-order valence-corrected chi connectivity index (χ3v) is 6.50. The van der Waals surface area contributed by atoms with Crippen LogP contribution in [0.3, 0.4) is 0 Å². The summed E-state index contributed by atoms with van der Waals surface area (Å²) in [5, 5.41) is 1.00. The zero-order valence-electron chi connectivity index (χ0n) is 14.4.